The first-order valence-corrected chi connectivity index (χ1v) is 16.4. The van der Waals surface area contributed by atoms with Gasteiger partial charge in [-0.05, 0) is 60.7 Å². The average Bonchev–Trinajstić information content (AvgIpc) is 4.01. The highest BCUT2D eigenvalue weighted by Gasteiger charge is 2.23. The minimum absolute atomic E-state index is 0.397. The van der Waals surface area contributed by atoms with Crippen LogP contribution in [0.2, 0.25) is 0 Å². The predicted molar refractivity (Wildman–Crippen MR) is 198 cm³/mol. The van der Waals surface area contributed by atoms with Crippen molar-refractivity contribution in [2.24, 2.45) is 0 Å². The maximum absolute atomic E-state index is 6.44. The Morgan fingerprint density at radius 2 is 0.941 bits per heavy atom. The Kier molecular flexibility index (Phi) is 5.76. The number of para-hydroxylation sites is 2. The van der Waals surface area contributed by atoms with Gasteiger partial charge < -0.3 is 22.1 Å². The van der Waals surface area contributed by atoms with Gasteiger partial charge in [0.05, 0.1) is 35.8 Å². The van der Waals surface area contributed by atoms with E-state index in [1.54, 1.807) is 18.7 Å². The first-order valence-electron chi connectivity index (χ1n) is 16.4. The molecule has 0 spiro atoms. The van der Waals surface area contributed by atoms with Crippen LogP contribution in [0.4, 0.5) is 34.6 Å². The second-order valence-corrected chi connectivity index (χ2v) is 12.3. The van der Waals surface area contributed by atoms with E-state index in [9.17, 15) is 0 Å². The molecule has 0 N–H and O–H groups in total. The Labute approximate surface area is 288 Å². The third-order valence-corrected chi connectivity index (χ3v) is 9.34. The highest BCUT2D eigenvalue weighted by atomic mass is 16.4. The first-order chi connectivity index (χ1) is 25.2. The van der Waals surface area contributed by atoms with Crippen LogP contribution in [0.25, 0.3) is 66.1 Å². The summed E-state index contributed by atoms with van der Waals surface area (Å²) < 4.78 is 30.7. The van der Waals surface area contributed by atoms with Crippen LogP contribution in [0.1, 0.15) is 0 Å². The molecule has 6 heterocycles. The molecule has 6 aromatic heterocycles. The predicted octanol–water partition coefficient (Wildman–Crippen LogP) is 12.3. The number of hydrogen-bond donors (Lipinski definition) is 0. The van der Waals surface area contributed by atoms with Gasteiger partial charge in [-0.2, -0.15) is 4.98 Å². The molecule has 0 aliphatic carbocycles. The standard InChI is InChI=1S/C42H24N4O5/c1-3-9-33-28(7-1)30-16-13-25(21-35(30)49-33)45(39-11-5-19-47-39)26-15-18-32-37(22-26)51-42-41(32)43-24-38(44-42)46(40-12-6-20-48-40)27-14-17-31-29-8-2-4-10-34(29)50-36(31)23-27/h1-24H. The lowest BCUT2D eigenvalue weighted by Crippen LogP contribution is -2.11. The SMILES string of the molecule is c1coc(N(c2ccc3c(c2)oc2ccccc23)c2ccc3c(c2)oc2nc(N(c4ccc5c(c4)oc4ccccc45)c4ccco4)cnc23)c1. The van der Waals surface area contributed by atoms with Crippen molar-refractivity contribution >= 4 is 101 Å². The number of aromatic nitrogens is 2. The van der Waals surface area contributed by atoms with Crippen molar-refractivity contribution in [1.29, 1.82) is 0 Å². The topological polar surface area (TPSA) is 98.0 Å². The van der Waals surface area contributed by atoms with Gasteiger partial charge in [0.1, 0.15) is 33.4 Å². The van der Waals surface area contributed by atoms with Crippen LogP contribution in [-0.4, -0.2) is 9.97 Å². The van der Waals surface area contributed by atoms with E-state index in [2.05, 4.69) is 30.3 Å². The van der Waals surface area contributed by atoms with Crippen LogP contribution in [0, 0.1) is 0 Å². The molecule has 0 amide bonds. The average molecular weight is 665 g/mol. The summed E-state index contributed by atoms with van der Waals surface area (Å²) in [6, 6.07) is 41.8. The molecule has 0 radical (unpaired) electrons. The van der Waals surface area contributed by atoms with Crippen molar-refractivity contribution < 1.29 is 22.1 Å². The highest BCUT2D eigenvalue weighted by molar-refractivity contribution is 6.08. The molecule has 0 bridgehead atoms. The molecule has 51 heavy (non-hydrogen) atoms. The Hall–Kier alpha value is -7.26. The van der Waals surface area contributed by atoms with Gasteiger partial charge >= 0.3 is 0 Å². The van der Waals surface area contributed by atoms with Gasteiger partial charge in [-0.15, -0.1) is 0 Å². The van der Waals surface area contributed by atoms with Crippen LogP contribution in [0.15, 0.2) is 168 Å². The molecular weight excluding hydrogens is 640 g/mol. The molecule has 0 saturated carbocycles. The number of rotatable bonds is 6. The van der Waals surface area contributed by atoms with E-state index in [1.165, 1.54) is 0 Å². The van der Waals surface area contributed by atoms with Crippen molar-refractivity contribution in [1.82, 2.24) is 9.97 Å². The molecule has 0 aliphatic rings. The van der Waals surface area contributed by atoms with E-state index in [1.807, 2.05) is 107 Å². The third kappa shape index (κ3) is 4.28. The number of nitrogens with zero attached hydrogens (tertiary/aromatic N) is 4. The zero-order valence-electron chi connectivity index (χ0n) is 26.7. The van der Waals surface area contributed by atoms with E-state index in [0.29, 0.717) is 34.4 Å². The molecule has 0 unspecified atom stereocenters. The fourth-order valence-corrected chi connectivity index (χ4v) is 7.04. The van der Waals surface area contributed by atoms with Crippen LogP contribution in [0.5, 0.6) is 0 Å². The van der Waals surface area contributed by atoms with Crippen molar-refractivity contribution in [3.8, 4) is 0 Å². The van der Waals surface area contributed by atoms with Gasteiger partial charge in [-0.3, -0.25) is 9.80 Å². The van der Waals surface area contributed by atoms with E-state index in [-0.39, 0.29) is 0 Å². The van der Waals surface area contributed by atoms with Crippen LogP contribution in [-0.2, 0) is 0 Å². The monoisotopic (exact) mass is 664 g/mol. The van der Waals surface area contributed by atoms with E-state index < -0.39 is 0 Å². The molecule has 0 fully saturated rings. The van der Waals surface area contributed by atoms with Crippen molar-refractivity contribution in [3.05, 3.63) is 146 Å². The highest BCUT2D eigenvalue weighted by Crippen LogP contribution is 2.42. The second kappa shape index (κ2) is 10.6. The summed E-state index contributed by atoms with van der Waals surface area (Å²) in [6.45, 7) is 0. The van der Waals surface area contributed by atoms with Gasteiger partial charge in [-0.1, -0.05) is 36.4 Å². The van der Waals surface area contributed by atoms with Gasteiger partial charge in [0.2, 0.25) is 17.5 Å². The zero-order chi connectivity index (χ0) is 33.5. The summed E-state index contributed by atoms with van der Waals surface area (Å²) in [5.41, 5.74) is 7.43. The van der Waals surface area contributed by atoms with E-state index in [0.717, 1.165) is 66.3 Å². The second-order valence-electron chi connectivity index (χ2n) is 12.3. The minimum Gasteiger partial charge on any atom is -0.456 e. The number of hydrogen-bond acceptors (Lipinski definition) is 9. The zero-order valence-corrected chi connectivity index (χ0v) is 26.7. The van der Waals surface area contributed by atoms with Crippen LogP contribution in [0.3, 0.4) is 0 Å². The lowest BCUT2D eigenvalue weighted by atomic mass is 10.1. The Balaban J connectivity index is 1.02. The molecule has 0 aliphatic heterocycles. The summed E-state index contributed by atoms with van der Waals surface area (Å²) >= 11 is 0. The summed E-state index contributed by atoms with van der Waals surface area (Å²) in [6.07, 6.45) is 5.02. The van der Waals surface area contributed by atoms with Gasteiger partial charge in [0.25, 0.3) is 0 Å². The summed E-state index contributed by atoms with van der Waals surface area (Å²) in [5, 5.41) is 5.06. The van der Waals surface area contributed by atoms with Crippen molar-refractivity contribution in [2.45, 2.75) is 0 Å². The minimum atomic E-state index is 0.397. The fraction of sp³-hybridized carbons (Fsp3) is 0. The number of benzene rings is 5. The van der Waals surface area contributed by atoms with Crippen molar-refractivity contribution in [2.75, 3.05) is 9.80 Å². The molecule has 5 aromatic carbocycles. The first kappa shape index (κ1) is 27.7. The van der Waals surface area contributed by atoms with Crippen molar-refractivity contribution in [3.63, 3.8) is 0 Å². The number of furan rings is 5. The lowest BCUT2D eigenvalue weighted by molar-refractivity contribution is 0.572. The summed E-state index contributed by atoms with van der Waals surface area (Å²) in [5.74, 6) is 1.76. The summed E-state index contributed by atoms with van der Waals surface area (Å²) in [4.78, 5) is 13.7. The normalized spacial score (nSPS) is 11.9. The Morgan fingerprint density at radius 1 is 0.431 bits per heavy atom. The Morgan fingerprint density at radius 3 is 1.53 bits per heavy atom. The largest absolute Gasteiger partial charge is 0.456 e. The Bertz CT molecular complexity index is 2860. The van der Waals surface area contributed by atoms with Gasteiger partial charge in [0.15, 0.2) is 5.82 Å². The fourth-order valence-electron chi connectivity index (χ4n) is 7.04. The molecule has 9 heteroatoms. The number of fused-ring (bicyclic) bond motifs is 9. The molecular formula is C42H24N4O5. The quantitative estimate of drug-likeness (QED) is 0.172. The van der Waals surface area contributed by atoms with E-state index >= 15 is 0 Å². The van der Waals surface area contributed by atoms with Gasteiger partial charge in [-0.25, -0.2) is 4.98 Å². The molecule has 242 valence electrons. The summed E-state index contributed by atoms with van der Waals surface area (Å²) in [7, 11) is 0. The molecule has 9 nitrogen and oxygen atoms in total. The van der Waals surface area contributed by atoms with Crippen LogP contribution >= 0.6 is 0 Å². The van der Waals surface area contributed by atoms with E-state index in [4.69, 9.17) is 32.1 Å². The smallest absolute Gasteiger partial charge is 0.248 e. The molecule has 11 aromatic rings. The van der Waals surface area contributed by atoms with Crippen LogP contribution < -0.4 is 9.80 Å². The molecule has 11 rings (SSSR count). The van der Waals surface area contributed by atoms with Gasteiger partial charge in [0, 0.05) is 57.3 Å². The maximum Gasteiger partial charge on any atom is 0.248 e. The number of anilines is 6. The third-order valence-electron chi connectivity index (χ3n) is 9.34. The lowest BCUT2D eigenvalue weighted by Gasteiger charge is -2.22. The maximum atomic E-state index is 6.44. The molecule has 0 saturated heterocycles. The molecule has 0 atom stereocenters.